The number of hydrogen-bond donors (Lipinski definition) is 0. The largest absolute Gasteiger partial charge is 0.334 e. The third kappa shape index (κ3) is 5.77. The van der Waals surface area contributed by atoms with Gasteiger partial charge in [-0.25, -0.2) is 8.78 Å². The second-order valence-electron chi connectivity index (χ2n) is 8.49. The Labute approximate surface area is 187 Å². The van der Waals surface area contributed by atoms with Crippen LogP contribution in [0.2, 0.25) is 0 Å². The molecule has 1 saturated heterocycles. The number of halogens is 2. The molecule has 3 rings (SSSR count). The highest BCUT2D eigenvalue weighted by atomic mass is 19.1. The molecule has 6 heteroatoms. The molecule has 4 nitrogen and oxygen atoms in total. The number of benzene rings is 2. The van der Waals surface area contributed by atoms with Crippen LogP contribution in [0.5, 0.6) is 0 Å². The summed E-state index contributed by atoms with van der Waals surface area (Å²) >= 11 is 0. The lowest BCUT2D eigenvalue weighted by Gasteiger charge is -2.30. The van der Waals surface area contributed by atoms with Crippen molar-refractivity contribution in [3.8, 4) is 0 Å². The monoisotopic (exact) mass is 438 g/mol. The van der Waals surface area contributed by atoms with Gasteiger partial charge in [0.1, 0.15) is 11.6 Å². The highest BCUT2D eigenvalue weighted by Crippen LogP contribution is 2.24. The van der Waals surface area contributed by atoms with Crippen LogP contribution in [0.3, 0.4) is 0 Å². The maximum Gasteiger partial charge on any atom is 0.224 e. The SMILES string of the molecule is Cc1ccc(/C=C2\CN(C(=O)CCN(C)C)C/C(=C\c3ccc(C)c(F)c3)C2=O)cc1F. The van der Waals surface area contributed by atoms with E-state index >= 15 is 0 Å². The number of carbonyl (C=O) groups excluding carboxylic acids is 2. The van der Waals surface area contributed by atoms with Gasteiger partial charge in [0.25, 0.3) is 0 Å². The molecule has 32 heavy (non-hydrogen) atoms. The standard InChI is InChI=1S/C26H28F2N2O2/c1-17-5-7-19(13-23(17)27)11-21-15-30(25(31)9-10-29(3)4)16-22(26(21)32)12-20-8-6-18(2)24(28)14-20/h5-8,11-14H,9-10,15-16H2,1-4H3/b21-11+,22-12+. The van der Waals surface area contributed by atoms with Crippen molar-refractivity contribution in [1.82, 2.24) is 9.80 Å². The van der Waals surface area contributed by atoms with Gasteiger partial charge in [-0.3, -0.25) is 9.59 Å². The summed E-state index contributed by atoms with van der Waals surface area (Å²) in [5, 5.41) is 0. The molecule has 0 radical (unpaired) electrons. The molecule has 168 valence electrons. The Hall–Kier alpha value is -3.12. The van der Waals surface area contributed by atoms with Gasteiger partial charge in [0.15, 0.2) is 5.78 Å². The molecule has 1 fully saturated rings. The number of ketones is 1. The fraction of sp³-hybridized carbons (Fsp3) is 0.308. The molecule has 0 aromatic heterocycles. The van der Waals surface area contributed by atoms with E-state index in [1.165, 1.54) is 12.1 Å². The molecular weight excluding hydrogens is 410 g/mol. The van der Waals surface area contributed by atoms with Crippen molar-refractivity contribution in [2.45, 2.75) is 20.3 Å². The predicted octanol–water partition coefficient (Wildman–Crippen LogP) is 4.41. The molecule has 0 unspecified atom stereocenters. The Kier molecular flexibility index (Phi) is 7.36. The average Bonchev–Trinajstić information content (AvgIpc) is 2.74. The third-order valence-corrected chi connectivity index (χ3v) is 5.50. The third-order valence-electron chi connectivity index (χ3n) is 5.50. The molecule has 2 aromatic carbocycles. The number of nitrogens with zero attached hydrogens (tertiary/aromatic N) is 2. The zero-order valence-corrected chi connectivity index (χ0v) is 18.9. The first-order chi connectivity index (χ1) is 15.1. The molecule has 1 aliphatic rings. The smallest absolute Gasteiger partial charge is 0.224 e. The van der Waals surface area contributed by atoms with E-state index in [9.17, 15) is 18.4 Å². The Morgan fingerprint density at radius 2 is 1.41 bits per heavy atom. The minimum Gasteiger partial charge on any atom is -0.334 e. The predicted molar refractivity (Wildman–Crippen MR) is 123 cm³/mol. The van der Waals surface area contributed by atoms with Gasteiger partial charge in [-0.15, -0.1) is 0 Å². The number of likely N-dealkylation sites (tertiary alicyclic amines) is 1. The minimum atomic E-state index is -0.354. The summed E-state index contributed by atoms with van der Waals surface area (Å²) in [6, 6.07) is 9.54. The Bertz CT molecular complexity index is 1030. The number of amides is 1. The average molecular weight is 439 g/mol. The minimum absolute atomic E-state index is 0.0758. The molecular formula is C26H28F2N2O2. The van der Waals surface area contributed by atoms with Gasteiger partial charge in [-0.2, -0.15) is 0 Å². The second kappa shape index (κ2) is 10.0. The molecule has 0 atom stereocenters. The summed E-state index contributed by atoms with van der Waals surface area (Å²) in [6.07, 6.45) is 3.57. The first-order valence-electron chi connectivity index (χ1n) is 10.5. The lowest BCUT2D eigenvalue weighted by molar-refractivity contribution is -0.131. The first-order valence-corrected chi connectivity index (χ1v) is 10.5. The van der Waals surface area contributed by atoms with Crippen LogP contribution in [0.4, 0.5) is 8.78 Å². The van der Waals surface area contributed by atoms with Crippen LogP contribution < -0.4 is 0 Å². The van der Waals surface area contributed by atoms with Crippen LogP contribution >= 0.6 is 0 Å². The molecule has 0 spiro atoms. The summed E-state index contributed by atoms with van der Waals surface area (Å²) in [6.45, 7) is 4.24. The van der Waals surface area contributed by atoms with Crippen LogP contribution in [-0.2, 0) is 9.59 Å². The van der Waals surface area contributed by atoms with E-state index in [2.05, 4.69) is 0 Å². The summed E-state index contributed by atoms with van der Waals surface area (Å²) in [5.41, 5.74) is 2.95. The molecule has 1 heterocycles. The fourth-order valence-corrected chi connectivity index (χ4v) is 3.49. The lowest BCUT2D eigenvalue weighted by atomic mass is 9.93. The van der Waals surface area contributed by atoms with Crippen LogP contribution in [-0.4, -0.2) is 55.2 Å². The van der Waals surface area contributed by atoms with E-state index in [0.29, 0.717) is 46.4 Å². The molecule has 0 N–H and O–H groups in total. The summed E-state index contributed by atoms with van der Waals surface area (Å²) < 4.78 is 28.0. The van der Waals surface area contributed by atoms with Crippen molar-refractivity contribution in [2.75, 3.05) is 33.7 Å². The van der Waals surface area contributed by atoms with Gasteiger partial charge >= 0.3 is 0 Å². The number of carbonyl (C=O) groups is 2. The topological polar surface area (TPSA) is 40.6 Å². The van der Waals surface area contributed by atoms with Crippen molar-refractivity contribution < 1.29 is 18.4 Å². The van der Waals surface area contributed by atoms with Gasteiger partial charge in [0.2, 0.25) is 5.91 Å². The second-order valence-corrected chi connectivity index (χ2v) is 8.49. The molecule has 2 aromatic rings. The number of hydrogen-bond acceptors (Lipinski definition) is 3. The maximum absolute atomic E-state index is 14.0. The van der Waals surface area contributed by atoms with E-state index in [1.54, 1.807) is 55.2 Å². The van der Waals surface area contributed by atoms with E-state index in [1.807, 2.05) is 19.0 Å². The van der Waals surface area contributed by atoms with Crippen molar-refractivity contribution >= 4 is 23.8 Å². The number of piperidine rings is 1. The molecule has 1 amide bonds. The Morgan fingerprint density at radius 3 is 1.81 bits per heavy atom. The highest BCUT2D eigenvalue weighted by molar-refractivity contribution is 6.15. The Morgan fingerprint density at radius 1 is 0.938 bits per heavy atom. The quantitative estimate of drug-likeness (QED) is 0.650. The van der Waals surface area contributed by atoms with E-state index in [0.717, 1.165) is 0 Å². The van der Waals surface area contributed by atoms with Crippen LogP contribution in [0.25, 0.3) is 12.2 Å². The summed E-state index contributed by atoms with van der Waals surface area (Å²) in [7, 11) is 3.78. The van der Waals surface area contributed by atoms with Gasteiger partial charge < -0.3 is 9.80 Å². The van der Waals surface area contributed by atoms with E-state index in [-0.39, 0.29) is 36.4 Å². The lowest BCUT2D eigenvalue weighted by Crippen LogP contribution is -2.42. The maximum atomic E-state index is 14.0. The van der Waals surface area contributed by atoms with Crippen LogP contribution in [0.15, 0.2) is 47.5 Å². The fourth-order valence-electron chi connectivity index (χ4n) is 3.49. The molecule has 0 bridgehead atoms. The van der Waals surface area contributed by atoms with Gasteiger partial charge in [-0.1, -0.05) is 24.3 Å². The van der Waals surface area contributed by atoms with E-state index in [4.69, 9.17) is 0 Å². The van der Waals surface area contributed by atoms with Gasteiger partial charge in [0, 0.05) is 37.2 Å². The van der Waals surface area contributed by atoms with Crippen molar-refractivity contribution in [3.05, 3.63) is 81.4 Å². The highest BCUT2D eigenvalue weighted by Gasteiger charge is 2.29. The van der Waals surface area contributed by atoms with Gasteiger partial charge in [-0.05, 0) is 74.5 Å². The zero-order chi connectivity index (χ0) is 23.4. The number of rotatable bonds is 5. The van der Waals surface area contributed by atoms with Crippen molar-refractivity contribution in [3.63, 3.8) is 0 Å². The normalized spacial score (nSPS) is 17.0. The number of aryl methyl sites for hydroxylation is 2. The molecule has 0 aliphatic carbocycles. The van der Waals surface area contributed by atoms with Crippen LogP contribution in [0, 0.1) is 25.5 Å². The number of Topliss-reactive ketones (excluding diaryl/α,β-unsaturated/α-hetero) is 1. The van der Waals surface area contributed by atoms with E-state index < -0.39 is 0 Å². The van der Waals surface area contributed by atoms with Crippen LogP contribution in [0.1, 0.15) is 28.7 Å². The van der Waals surface area contributed by atoms with Gasteiger partial charge in [0.05, 0.1) is 0 Å². The molecule has 1 aliphatic heterocycles. The zero-order valence-electron chi connectivity index (χ0n) is 18.9. The molecule has 0 saturated carbocycles. The van der Waals surface area contributed by atoms with Crippen molar-refractivity contribution in [2.24, 2.45) is 0 Å². The Balaban J connectivity index is 1.98. The van der Waals surface area contributed by atoms with Crippen molar-refractivity contribution in [1.29, 1.82) is 0 Å². The summed E-state index contributed by atoms with van der Waals surface area (Å²) in [5.74, 6) is -1.00. The first kappa shape index (κ1) is 23.5. The summed E-state index contributed by atoms with van der Waals surface area (Å²) in [4.78, 5) is 29.6.